The maximum Gasteiger partial charge on any atom is 0.131 e. The standard InChI is InChI=1S/C10H16N2O/c1-3-4-10-11-6-8-12(10)7-5-9(2)13/h6,8H,3-5,7H2,1-2H3. The van der Waals surface area contributed by atoms with Crippen molar-refractivity contribution in [1.29, 1.82) is 0 Å². The quantitative estimate of drug-likeness (QED) is 0.692. The van der Waals surface area contributed by atoms with Crippen molar-refractivity contribution in [2.45, 2.75) is 39.7 Å². The first-order valence-corrected chi connectivity index (χ1v) is 4.73. The van der Waals surface area contributed by atoms with Gasteiger partial charge >= 0.3 is 0 Å². The molecule has 0 N–H and O–H groups in total. The van der Waals surface area contributed by atoms with Crippen LogP contribution in [0.3, 0.4) is 0 Å². The molecule has 0 saturated heterocycles. The second-order valence-corrected chi connectivity index (χ2v) is 3.24. The third-order valence-electron chi connectivity index (χ3n) is 1.98. The Balaban J connectivity index is 2.54. The Morgan fingerprint density at radius 1 is 1.62 bits per heavy atom. The van der Waals surface area contributed by atoms with Crippen LogP contribution in [0.25, 0.3) is 0 Å². The molecule has 1 heterocycles. The van der Waals surface area contributed by atoms with Gasteiger partial charge in [0, 0.05) is 31.8 Å². The predicted molar refractivity (Wildman–Crippen MR) is 51.5 cm³/mol. The Morgan fingerprint density at radius 3 is 3.00 bits per heavy atom. The number of imidazole rings is 1. The number of Topliss-reactive ketones (excluding diaryl/α,β-unsaturated/α-hetero) is 1. The van der Waals surface area contributed by atoms with Crippen LogP contribution in [-0.4, -0.2) is 15.3 Å². The number of carbonyl (C=O) groups excluding carboxylic acids is 1. The van der Waals surface area contributed by atoms with Crippen LogP contribution in [0.5, 0.6) is 0 Å². The molecular formula is C10H16N2O. The summed E-state index contributed by atoms with van der Waals surface area (Å²) in [5.74, 6) is 1.32. The molecule has 0 fully saturated rings. The lowest BCUT2D eigenvalue weighted by atomic mass is 10.3. The number of aromatic nitrogens is 2. The first-order chi connectivity index (χ1) is 6.24. The molecule has 0 spiro atoms. The van der Waals surface area contributed by atoms with Crippen molar-refractivity contribution in [3.05, 3.63) is 18.2 Å². The zero-order valence-corrected chi connectivity index (χ0v) is 8.29. The number of carbonyl (C=O) groups is 1. The van der Waals surface area contributed by atoms with E-state index in [0.717, 1.165) is 25.2 Å². The summed E-state index contributed by atoms with van der Waals surface area (Å²) in [6.07, 6.45) is 6.42. The van der Waals surface area contributed by atoms with E-state index in [-0.39, 0.29) is 5.78 Å². The van der Waals surface area contributed by atoms with Crippen LogP contribution < -0.4 is 0 Å². The van der Waals surface area contributed by atoms with Gasteiger partial charge in [-0.3, -0.25) is 4.79 Å². The number of hydrogen-bond donors (Lipinski definition) is 0. The summed E-state index contributed by atoms with van der Waals surface area (Å²) in [4.78, 5) is 15.0. The molecule has 0 atom stereocenters. The molecule has 1 rings (SSSR count). The molecule has 0 aliphatic carbocycles. The van der Waals surface area contributed by atoms with Gasteiger partial charge < -0.3 is 4.57 Å². The largest absolute Gasteiger partial charge is 0.334 e. The normalized spacial score (nSPS) is 10.3. The lowest BCUT2D eigenvalue weighted by Crippen LogP contribution is -2.05. The molecule has 0 bridgehead atoms. The number of rotatable bonds is 5. The maximum absolute atomic E-state index is 10.8. The van der Waals surface area contributed by atoms with Crippen molar-refractivity contribution in [2.24, 2.45) is 0 Å². The molecular weight excluding hydrogens is 164 g/mol. The van der Waals surface area contributed by atoms with Crippen LogP contribution in [0.2, 0.25) is 0 Å². The Kier molecular flexibility index (Phi) is 3.68. The van der Waals surface area contributed by atoms with Gasteiger partial charge in [-0.25, -0.2) is 4.98 Å². The number of ketones is 1. The zero-order chi connectivity index (χ0) is 9.68. The second-order valence-electron chi connectivity index (χ2n) is 3.24. The fraction of sp³-hybridized carbons (Fsp3) is 0.600. The van der Waals surface area contributed by atoms with Crippen molar-refractivity contribution < 1.29 is 4.79 Å². The van der Waals surface area contributed by atoms with Gasteiger partial charge in [-0.15, -0.1) is 0 Å². The van der Waals surface area contributed by atoms with Crippen LogP contribution in [0.15, 0.2) is 12.4 Å². The summed E-state index contributed by atoms with van der Waals surface area (Å²) in [6.45, 7) is 4.52. The fourth-order valence-electron chi connectivity index (χ4n) is 1.27. The van der Waals surface area contributed by atoms with E-state index >= 15 is 0 Å². The summed E-state index contributed by atoms with van der Waals surface area (Å²) in [5.41, 5.74) is 0. The van der Waals surface area contributed by atoms with Crippen LogP contribution in [0.1, 0.15) is 32.5 Å². The first-order valence-electron chi connectivity index (χ1n) is 4.73. The molecule has 0 amide bonds. The highest BCUT2D eigenvalue weighted by Gasteiger charge is 2.01. The van der Waals surface area contributed by atoms with E-state index in [1.807, 2.05) is 6.20 Å². The van der Waals surface area contributed by atoms with E-state index in [4.69, 9.17) is 0 Å². The molecule has 0 saturated carbocycles. The molecule has 72 valence electrons. The summed E-state index contributed by atoms with van der Waals surface area (Å²) < 4.78 is 2.06. The minimum Gasteiger partial charge on any atom is -0.334 e. The molecule has 3 heteroatoms. The average molecular weight is 180 g/mol. The van der Waals surface area contributed by atoms with Gasteiger partial charge in [-0.2, -0.15) is 0 Å². The van der Waals surface area contributed by atoms with Crippen LogP contribution in [0.4, 0.5) is 0 Å². The van der Waals surface area contributed by atoms with E-state index in [9.17, 15) is 4.79 Å². The van der Waals surface area contributed by atoms with Crippen molar-refractivity contribution in [1.82, 2.24) is 9.55 Å². The van der Waals surface area contributed by atoms with Gasteiger partial charge in [-0.05, 0) is 13.3 Å². The summed E-state index contributed by atoms with van der Waals surface area (Å²) >= 11 is 0. The molecule has 3 nitrogen and oxygen atoms in total. The van der Waals surface area contributed by atoms with E-state index in [0.29, 0.717) is 6.42 Å². The molecule has 0 aliphatic heterocycles. The van der Waals surface area contributed by atoms with Crippen LogP contribution >= 0.6 is 0 Å². The van der Waals surface area contributed by atoms with Gasteiger partial charge in [0.05, 0.1) is 0 Å². The Hall–Kier alpha value is -1.12. The van der Waals surface area contributed by atoms with Gasteiger partial charge in [-0.1, -0.05) is 6.92 Å². The molecule has 1 aromatic rings. The van der Waals surface area contributed by atoms with Gasteiger partial charge in [0.1, 0.15) is 11.6 Å². The minimum absolute atomic E-state index is 0.233. The molecule has 0 radical (unpaired) electrons. The SMILES string of the molecule is CCCc1nccn1CCC(C)=O. The third kappa shape index (κ3) is 3.01. The van der Waals surface area contributed by atoms with E-state index < -0.39 is 0 Å². The predicted octanol–water partition coefficient (Wildman–Crippen LogP) is 1.81. The van der Waals surface area contributed by atoms with E-state index in [2.05, 4.69) is 16.5 Å². The van der Waals surface area contributed by atoms with E-state index in [1.54, 1.807) is 13.1 Å². The first kappa shape index (κ1) is 9.96. The molecule has 13 heavy (non-hydrogen) atoms. The highest BCUT2D eigenvalue weighted by Crippen LogP contribution is 2.02. The van der Waals surface area contributed by atoms with Gasteiger partial charge in [0.15, 0.2) is 0 Å². The van der Waals surface area contributed by atoms with Crippen molar-refractivity contribution in [3.63, 3.8) is 0 Å². The summed E-state index contributed by atoms with van der Waals surface area (Å²) in [6, 6.07) is 0. The van der Waals surface area contributed by atoms with E-state index in [1.165, 1.54) is 0 Å². The number of aryl methyl sites for hydroxylation is 2. The van der Waals surface area contributed by atoms with Crippen molar-refractivity contribution in [2.75, 3.05) is 0 Å². The second kappa shape index (κ2) is 4.80. The highest BCUT2D eigenvalue weighted by atomic mass is 16.1. The molecule has 1 aromatic heterocycles. The Labute approximate surface area is 78.8 Å². The Bertz CT molecular complexity index is 278. The van der Waals surface area contributed by atoms with Gasteiger partial charge in [0.25, 0.3) is 0 Å². The third-order valence-corrected chi connectivity index (χ3v) is 1.98. The molecule has 0 aromatic carbocycles. The Morgan fingerprint density at radius 2 is 2.38 bits per heavy atom. The average Bonchev–Trinajstić information content (AvgIpc) is 2.49. The fourth-order valence-corrected chi connectivity index (χ4v) is 1.27. The van der Waals surface area contributed by atoms with Crippen LogP contribution in [0, 0.1) is 0 Å². The maximum atomic E-state index is 10.8. The molecule has 0 aliphatic rings. The molecule has 0 unspecified atom stereocenters. The number of nitrogens with zero attached hydrogens (tertiary/aromatic N) is 2. The lowest BCUT2D eigenvalue weighted by molar-refractivity contribution is -0.117. The smallest absolute Gasteiger partial charge is 0.131 e. The summed E-state index contributed by atoms with van der Waals surface area (Å²) in [7, 11) is 0. The van der Waals surface area contributed by atoms with Crippen molar-refractivity contribution >= 4 is 5.78 Å². The van der Waals surface area contributed by atoms with Crippen LogP contribution in [-0.2, 0) is 17.8 Å². The van der Waals surface area contributed by atoms with Gasteiger partial charge in [0.2, 0.25) is 0 Å². The number of hydrogen-bond acceptors (Lipinski definition) is 2. The van der Waals surface area contributed by atoms with Crippen molar-refractivity contribution in [3.8, 4) is 0 Å². The topological polar surface area (TPSA) is 34.9 Å². The monoisotopic (exact) mass is 180 g/mol. The lowest BCUT2D eigenvalue weighted by Gasteiger charge is -2.04. The highest BCUT2D eigenvalue weighted by molar-refractivity contribution is 5.75. The summed E-state index contributed by atoms with van der Waals surface area (Å²) in [5, 5.41) is 0. The minimum atomic E-state index is 0.233. The zero-order valence-electron chi connectivity index (χ0n) is 8.29.